The lowest BCUT2D eigenvalue weighted by molar-refractivity contribution is -0.664. The van der Waals surface area contributed by atoms with E-state index in [9.17, 15) is 9.59 Å². The van der Waals surface area contributed by atoms with Crippen molar-refractivity contribution in [1.82, 2.24) is 0 Å². The number of nitrogen functional groups attached to an aromatic ring is 1. The average Bonchev–Trinajstić information content (AvgIpc) is 2.49. The Balaban J connectivity index is 0.000000204. The summed E-state index contributed by atoms with van der Waals surface area (Å²) in [4.78, 5) is 21.1. The van der Waals surface area contributed by atoms with Crippen molar-refractivity contribution in [2.45, 2.75) is 19.8 Å². The van der Waals surface area contributed by atoms with Crippen LogP contribution in [-0.4, -0.2) is 32.0 Å². The highest BCUT2D eigenvalue weighted by atomic mass is 16.5. The third-order valence-electron chi connectivity index (χ3n) is 3.06. The van der Waals surface area contributed by atoms with Crippen LogP contribution in [0.1, 0.15) is 25.3 Å². The van der Waals surface area contributed by atoms with Gasteiger partial charge in [0, 0.05) is 12.8 Å². The fourth-order valence-electron chi connectivity index (χ4n) is 2.02. The molecule has 1 heterocycles. The highest BCUT2D eigenvalue weighted by molar-refractivity contribution is 5.76. The number of anilines is 1. The molecule has 0 spiro atoms. The average molecular weight is 278 g/mol. The first-order valence-corrected chi connectivity index (χ1v) is 6.89. The Morgan fingerprint density at radius 3 is 2.65 bits per heavy atom. The summed E-state index contributed by atoms with van der Waals surface area (Å²) in [5, 5.41) is 2.25. The number of carbonyl (C=O) groups is 1. The minimum Gasteiger partial charge on any atom is -0.466 e. The molecule has 0 aliphatic carbocycles. The van der Waals surface area contributed by atoms with Crippen LogP contribution in [0.3, 0.4) is 0 Å². The molecule has 0 saturated carbocycles. The van der Waals surface area contributed by atoms with E-state index in [0.717, 1.165) is 25.9 Å². The van der Waals surface area contributed by atoms with Crippen molar-refractivity contribution in [3.05, 3.63) is 29.8 Å². The van der Waals surface area contributed by atoms with Crippen LogP contribution in [0, 0.1) is 5.92 Å². The summed E-state index contributed by atoms with van der Waals surface area (Å²) >= 11 is 0. The van der Waals surface area contributed by atoms with Crippen LogP contribution in [0.25, 0.3) is 0 Å². The van der Waals surface area contributed by atoms with Crippen molar-refractivity contribution >= 4 is 17.9 Å². The van der Waals surface area contributed by atoms with Crippen LogP contribution in [0.2, 0.25) is 0 Å². The zero-order valence-electron chi connectivity index (χ0n) is 11.8. The molecule has 2 rings (SSSR count). The van der Waals surface area contributed by atoms with E-state index in [4.69, 9.17) is 10.5 Å². The molecule has 0 aromatic heterocycles. The van der Waals surface area contributed by atoms with Crippen LogP contribution >= 0.6 is 0 Å². The number of esters is 1. The first-order valence-electron chi connectivity index (χ1n) is 6.89. The molecule has 5 nitrogen and oxygen atoms in total. The normalized spacial score (nSPS) is 14.8. The predicted octanol–water partition coefficient (Wildman–Crippen LogP) is 0.250. The summed E-state index contributed by atoms with van der Waals surface area (Å²) in [7, 11) is 0. The van der Waals surface area contributed by atoms with Gasteiger partial charge in [0.05, 0.1) is 31.9 Å². The first kappa shape index (κ1) is 16.2. The van der Waals surface area contributed by atoms with Crippen LogP contribution in [0.4, 0.5) is 5.69 Å². The Morgan fingerprint density at radius 1 is 1.45 bits per heavy atom. The molecule has 20 heavy (non-hydrogen) atoms. The van der Waals surface area contributed by atoms with Gasteiger partial charge in [-0.15, -0.1) is 17.7 Å². The van der Waals surface area contributed by atoms with Gasteiger partial charge in [-0.1, -0.05) is 6.07 Å². The number of piperidine rings is 1. The summed E-state index contributed by atoms with van der Waals surface area (Å²) in [5.41, 5.74) is 6.44. The summed E-state index contributed by atoms with van der Waals surface area (Å²) in [6.07, 6.45) is 3.71. The monoisotopic (exact) mass is 278 g/mol. The summed E-state index contributed by atoms with van der Waals surface area (Å²) < 4.78 is 4.93. The third kappa shape index (κ3) is 5.84. The highest BCUT2D eigenvalue weighted by Crippen LogP contribution is 2.10. The zero-order chi connectivity index (χ0) is 14.8. The summed E-state index contributed by atoms with van der Waals surface area (Å²) in [6, 6.07) is 6.67. The second-order valence-corrected chi connectivity index (χ2v) is 4.62. The molecule has 1 aliphatic rings. The number of quaternary nitrogens is 1. The topological polar surface area (TPSA) is 86.0 Å². The Labute approximate surface area is 119 Å². The van der Waals surface area contributed by atoms with Crippen LogP contribution < -0.4 is 11.1 Å². The fraction of sp³-hybridized carbons (Fsp3) is 0.467. The van der Waals surface area contributed by atoms with Crippen molar-refractivity contribution in [2.75, 3.05) is 25.4 Å². The van der Waals surface area contributed by atoms with E-state index >= 15 is 0 Å². The lowest BCUT2D eigenvalue weighted by Gasteiger charge is -2.18. The van der Waals surface area contributed by atoms with Crippen molar-refractivity contribution in [1.29, 1.82) is 0 Å². The molecule has 1 aromatic carbocycles. The smallest absolute Gasteiger partial charge is 0.309 e. The van der Waals surface area contributed by atoms with E-state index in [-0.39, 0.29) is 11.9 Å². The van der Waals surface area contributed by atoms with Crippen molar-refractivity contribution in [3.8, 4) is 0 Å². The molecule has 4 N–H and O–H groups in total. The molecule has 1 aromatic rings. The van der Waals surface area contributed by atoms with E-state index in [2.05, 4.69) is 5.32 Å². The molecular weight excluding hydrogens is 256 g/mol. The maximum Gasteiger partial charge on any atom is 0.309 e. The molecular formula is C15H22N2O3. The fourth-order valence-corrected chi connectivity index (χ4v) is 2.02. The number of benzene rings is 1. The molecule has 0 amide bonds. The zero-order valence-corrected chi connectivity index (χ0v) is 11.8. The van der Waals surface area contributed by atoms with Crippen LogP contribution in [0.5, 0.6) is 0 Å². The van der Waals surface area contributed by atoms with E-state index in [1.54, 1.807) is 30.6 Å². The summed E-state index contributed by atoms with van der Waals surface area (Å²) in [5.74, 6) is 0.181. The van der Waals surface area contributed by atoms with E-state index in [0.29, 0.717) is 17.9 Å². The molecule has 0 bridgehead atoms. The molecule has 0 atom stereocenters. The van der Waals surface area contributed by atoms with Gasteiger partial charge < -0.3 is 20.6 Å². The Hall–Kier alpha value is -1.88. The molecule has 0 radical (unpaired) electrons. The van der Waals surface area contributed by atoms with Gasteiger partial charge >= 0.3 is 5.97 Å². The highest BCUT2D eigenvalue weighted by Gasteiger charge is 2.23. The number of hydrogen-bond acceptors (Lipinski definition) is 4. The van der Waals surface area contributed by atoms with E-state index in [1.165, 1.54) is 0 Å². The molecule has 110 valence electrons. The Morgan fingerprint density at radius 2 is 2.15 bits per heavy atom. The molecule has 1 saturated heterocycles. The quantitative estimate of drug-likeness (QED) is 0.471. The van der Waals surface area contributed by atoms with E-state index < -0.39 is 0 Å². The maximum absolute atomic E-state index is 11.2. The number of hydrogen-bond donors (Lipinski definition) is 2. The number of rotatable bonds is 3. The predicted molar refractivity (Wildman–Crippen MR) is 76.7 cm³/mol. The number of nitrogens with two attached hydrogens (primary N) is 2. The van der Waals surface area contributed by atoms with Crippen LogP contribution in [-0.2, 0) is 14.3 Å². The van der Waals surface area contributed by atoms with Crippen molar-refractivity contribution in [3.63, 3.8) is 0 Å². The number of ether oxygens (including phenoxy) is 1. The minimum absolute atomic E-state index is 0.000556. The standard InChI is InChI=1S/C8H15NO2.C7H6NO/c1-2-11-8(10)7-3-5-9-6-4-7;8-7-3-1-2-6(4-7)5-9/h7,9H,2-6H2,1H3;1-4H,8H2/q;-1/p+1. The second kappa shape index (κ2) is 9.09. The van der Waals surface area contributed by atoms with Crippen molar-refractivity contribution < 1.29 is 19.6 Å². The Bertz CT molecular complexity index is 429. The minimum atomic E-state index is 0.000556. The molecule has 1 aliphatic heterocycles. The largest absolute Gasteiger partial charge is 0.466 e. The molecule has 1 fully saturated rings. The van der Waals surface area contributed by atoms with Gasteiger partial charge in [-0.3, -0.25) is 4.79 Å². The SMILES string of the molecule is CCOC(=O)C1CC[NH2+]CC1.Nc1cccc([C-]=O)c1. The van der Waals surface area contributed by atoms with Gasteiger partial charge in [0.1, 0.15) is 0 Å². The lowest BCUT2D eigenvalue weighted by Crippen LogP contribution is -2.86. The van der Waals surface area contributed by atoms with Crippen LogP contribution in [0.15, 0.2) is 24.3 Å². The van der Waals surface area contributed by atoms with Gasteiger partial charge in [0.25, 0.3) is 0 Å². The van der Waals surface area contributed by atoms with Crippen molar-refractivity contribution in [2.24, 2.45) is 5.92 Å². The van der Waals surface area contributed by atoms with Gasteiger partial charge in [-0.2, -0.15) is 6.07 Å². The number of carbonyl (C=O) groups excluding carboxylic acids is 2. The maximum atomic E-state index is 11.2. The van der Waals surface area contributed by atoms with Gasteiger partial charge in [-0.05, 0) is 12.6 Å². The van der Waals surface area contributed by atoms with Gasteiger partial charge in [0.15, 0.2) is 0 Å². The second-order valence-electron chi connectivity index (χ2n) is 4.62. The van der Waals surface area contributed by atoms with Gasteiger partial charge in [-0.25, -0.2) is 0 Å². The van der Waals surface area contributed by atoms with Gasteiger partial charge in [0.2, 0.25) is 0 Å². The molecule has 5 heteroatoms. The summed E-state index contributed by atoms with van der Waals surface area (Å²) in [6.45, 7) is 4.51. The van der Waals surface area contributed by atoms with E-state index in [1.807, 2.05) is 6.92 Å². The molecule has 0 unspecified atom stereocenters. The Kier molecular flexibility index (Phi) is 7.35. The lowest BCUT2D eigenvalue weighted by atomic mass is 9.99. The third-order valence-corrected chi connectivity index (χ3v) is 3.06. The first-order chi connectivity index (χ1) is 9.67.